The predicted molar refractivity (Wildman–Crippen MR) is 90.5 cm³/mol. The molecule has 2 heterocycles. The van der Waals surface area contributed by atoms with E-state index in [0.717, 1.165) is 10.4 Å². The van der Waals surface area contributed by atoms with Crippen LogP contribution in [0.15, 0.2) is 35.4 Å². The van der Waals surface area contributed by atoms with Crippen molar-refractivity contribution in [3.05, 3.63) is 51.4 Å². The molecule has 1 aromatic heterocycles. The van der Waals surface area contributed by atoms with Gasteiger partial charge in [-0.05, 0) is 43.0 Å². The fourth-order valence-corrected chi connectivity index (χ4v) is 3.16. The van der Waals surface area contributed by atoms with Crippen molar-refractivity contribution < 1.29 is 23.8 Å². The molecule has 124 valence electrons. The molecule has 1 aliphatic heterocycles. The van der Waals surface area contributed by atoms with Crippen LogP contribution in [0.25, 0.3) is 6.08 Å². The Bertz CT molecular complexity index is 834. The molecule has 5 nitrogen and oxygen atoms in total. The van der Waals surface area contributed by atoms with Gasteiger partial charge in [-0.2, -0.15) is 0 Å². The maximum atomic E-state index is 12.4. The van der Waals surface area contributed by atoms with E-state index in [4.69, 9.17) is 9.47 Å². The van der Waals surface area contributed by atoms with Crippen LogP contribution in [-0.4, -0.2) is 25.0 Å². The first kappa shape index (κ1) is 16.3. The van der Waals surface area contributed by atoms with E-state index < -0.39 is 12.1 Å². The first-order chi connectivity index (χ1) is 11.5. The number of hydrogen-bond donors (Lipinski definition) is 0. The van der Waals surface area contributed by atoms with Gasteiger partial charge in [0, 0.05) is 17.0 Å². The van der Waals surface area contributed by atoms with Gasteiger partial charge in [0.05, 0.1) is 12.7 Å². The lowest BCUT2D eigenvalue weighted by atomic mass is 10.1. The smallest absolute Gasteiger partial charge is 0.346 e. The second kappa shape index (κ2) is 6.49. The van der Waals surface area contributed by atoms with Crippen molar-refractivity contribution >= 4 is 29.2 Å². The summed E-state index contributed by atoms with van der Waals surface area (Å²) in [6.07, 6.45) is 1.01. The lowest BCUT2D eigenvalue weighted by molar-refractivity contribution is -0.147. The summed E-state index contributed by atoms with van der Waals surface area (Å²) in [5, 5.41) is 1.97. The predicted octanol–water partition coefficient (Wildman–Crippen LogP) is 3.61. The molecule has 1 aromatic carbocycles. The van der Waals surface area contributed by atoms with E-state index in [9.17, 15) is 9.59 Å². The normalized spacial score (nSPS) is 15.8. The zero-order valence-electron chi connectivity index (χ0n) is 13.5. The number of rotatable bonds is 4. The van der Waals surface area contributed by atoms with Crippen LogP contribution in [-0.2, 0) is 9.53 Å². The summed E-state index contributed by atoms with van der Waals surface area (Å²) in [7, 11) is 1.30. The first-order valence-corrected chi connectivity index (χ1v) is 8.24. The van der Waals surface area contributed by atoms with Gasteiger partial charge in [-0.15, -0.1) is 11.3 Å². The number of Topliss-reactive ketones (excluding diaryl/α,β-unsaturated/α-hetero) is 1. The van der Waals surface area contributed by atoms with Crippen molar-refractivity contribution in [1.29, 1.82) is 0 Å². The summed E-state index contributed by atoms with van der Waals surface area (Å²) in [6.45, 7) is 3.57. The molecule has 0 aliphatic carbocycles. The van der Waals surface area contributed by atoms with Crippen molar-refractivity contribution in [2.75, 3.05) is 7.11 Å². The average molecular weight is 344 g/mol. The van der Waals surface area contributed by atoms with Gasteiger partial charge in [0.1, 0.15) is 11.5 Å². The fraction of sp³-hybridized carbons (Fsp3) is 0.222. The minimum atomic E-state index is -0.742. The second-order valence-corrected chi connectivity index (χ2v) is 6.30. The minimum absolute atomic E-state index is 0.162. The van der Waals surface area contributed by atoms with E-state index >= 15 is 0 Å². The zero-order chi connectivity index (χ0) is 17.3. The van der Waals surface area contributed by atoms with Gasteiger partial charge in [0.2, 0.25) is 5.78 Å². The van der Waals surface area contributed by atoms with Crippen LogP contribution in [0.3, 0.4) is 0 Å². The van der Waals surface area contributed by atoms with Crippen molar-refractivity contribution in [2.24, 2.45) is 0 Å². The van der Waals surface area contributed by atoms with E-state index in [2.05, 4.69) is 4.74 Å². The number of hydrogen-bond acceptors (Lipinski definition) is 6. The number of allylic oxidation sites excluding steroid dienone is 1. The summed E-state index contributed by atoms with van der Waals surface area (Å²) in [5.41, 5.74) is 1.57. The highest BCUT2D eigenvalue weighted by Crippen LogP contribution is 2.35. The first-order valence-electron chi connectivity index (χ1n) is 7.36. The molecule has 3 rings (SSSR count). The Morgan fingerprint density at radius 2 is 2.12 bits per heavy atom. The van der Waals surface area contributed by atoms with Crippen LogP contribution in [0.1, 0.15) is 27.7 Å². The number of methoxy groups -OCH3 is 1. The Balaban J connectivity index is 1.83. The molecule has 0 spiro atoms. The number of ketones is 1. The zero-order valence-corrected chi connectivity index (χ0v) is 14.3. The van der Waals surface area contributed by atoms with Crippen LogP contribution < -0.4 is 9.47 Å². The highest BCUT2D eigenvalue weighted by molar-refractivity contribution is 7.11. The standard InChI is InChI=1S/C18H16O5S/c1-10-6-7-24-16(10)9-15-17(19)13-5-4-12(8-14(13)23-15)22-11(2)18(20)21-3/h4-9,11H,1-3H3/b15-9+/t11-/m0/s1. The molecule has 0 N–H and O–H groups in total. The monoisotopic (exact) mass is 344 g/mol. The Morgan fingerprint density at radius 3 is 2.79 bits per heavy atom. The molecule has 1 aliphatic rings. The van der Waals surface area contributed by atoms with E-state index in [1.54, 1.807) is 42.5 Å². The van der Waals surface area contributed by atoms with Crippen LogP contribution in [0.2, 0.25) is 0 Å². The number of thiophene rings is 1. The number of ether oxygens (including phenoxy) is 3. The molecule has 0 fully saturated rings. The van der Waals surface area contributed by atoms with Crippen molar-refractivity contribution in [3.8, 4) is 11.5 Å². The highest BCUT2D eigenvalue weighted by Gasteiger charge is 2.28. The number of carbonyl (C=O) groups excluding carboxylic acids is 2. The molecule has 2 aromatic rings. The summed E-state index contributed by atoms with van der Waals surface area (Å²) in [6, 6.07) is 6.87. The van der Waals surface area contributed by atoms with Gasteiger partial charge >= 0.3 is 5.97 Å². The van der Waals surface area contributed by atoms with Crippen LogP contribution in [0, 0.1) is 6.92 Å². The van der Waals surface area contributed by atoms with Gasteiger partial charge < -0.3 is 14.2 Å². The van der Waals surface area contributed by atoms with Crippen LogP contribution >= 0.6 is 11.3 Å². The van der Waals surface area contributed by atoms with E-state index in [1.807, 2.05) is 18.4 Å². The quantitative estimate of drug-likeness (QED) is 0.626. The maximum Gasteiger partial charge on any atom is 0.346 e. The number of benzene rings is 1. The Labute approximate surface area is 143 Å². The molecule has 0 amide bonds. The summed E-state index contributed by atoms with van der Waals surface area (Å²) < 4.78 is 15.8. The second-order valence-electron chi connectivity index (χ2n) is 5.35. The van der Waals surface area contributed by atoms with E-state index in [0.29, 0.717) is 17.1 Å². The lowest BCUT2D eigenvalue weighted by Gasteiger charge is -2.12. The third-order valence-electron chi connectivity index (χ3n) is 3.65. The van der Waals surface area contributed by atoms with Crippen molar-refractivity contribution in [3.63, 3.8) is 0 Å². The van der Waals surface area contributed by atoms with Gasteiger partial charge in [-0.25, -0.2) is 4.79 Å². The summed E-state index contributed by atoms with van der Waals surface area (Å²) in [5.74, 6) is 0.517. The van der Waals surface area contributed by atoms with Crippen LogP contribution in [0.5, 0.6) is 11.5 Å². The average Bonchev–Trinajstić information content (AvgIpc) is 3.11. The minimum Gasteiger partial charge on any atom is -0.479 e. The lowest BCUT2D eigenvalue weighted by Crippen LogP contribution is -2.24. The van der Waals surface area contributed by atoms with E-state index in [-0.39, 0.29) is 11.5 Å². The molecule has 0 bridgehead atoms. The Morgan fingerprint density at radius 1 is 1.33 bits per heavy atom. The molecule has 1 atom stereocenters. The molecule has 0 saturated heterocycles. The van der Waals surface area contributed by atoms with Gasteiger partial charge in [0.25, 0.3) is 0 Å². The Hall–Kier alpha value is -2.60. The van der Waals surface area contributed by atoms with Gasteiger partial charge in [0.15, 0.2) is 11.9 Å². The van der Waals surface area contributed by atoms with Crippen molar-refractivity contribution in [1.82, 2.24) is 0 Å². The van der Waals surface area contributed by atoms with E-state index in [1.165, 1.54) is 7.11 Å². The summed E-state index contributed by atoms with van der Waals surface area (Å²) >= 11 is 1.55. The van der Waals surface area contributed by atoms with Crippen LogP contribution in [0.4, 0.5) is 0 Å². The van der Waals surface area contributed by atoms with Crippen molar-refractivity contribution in [2.45, 2.75) is 20.0 Å². The molecule has 0 saturated carbocycles. The molecule has 0 radical (unpaired) electrons. The SMILES string of the molecule is COC(=O)[C@H](C)Oc1ccc2c(c1)O/C(=C/c1sccc1C)C2=O. The molecule has 0 unspecified atom stereocenters. The topological polar surface area (TPSA) is 61.8 Å². The maximum absolute atomic E-state index is 12.4. The third-order valence-corrected chi connectivity index (χ3v) is 4.62. The number of carbonyl (C=O) groups is 2. The highest BCUT2D eigenvalue weighted by atomic mass is 32.1. The number of fused-ring (bicyclic) bond motifs is 1. The number of aryl methyl sites for hydroxylation is 1. The summed E-state index contributed by atoms with van der Waals surface area (Å²) in [4.78, 5) is 24.8. The molecule has 6 heteroatoms. The van der Waals surface area contributed by atoms with Gasteiger partial charge in [-0.3, -0.25) is 4.79 Å². The molecular weight excluding hydrogens is 328 g/mol. The Kier molecular flexibility index (Phi) is 4.40. The fourth-order valence-electron chi connectivity index (χ4n) is 2.31. The molecular formula is C18H16O5S. The van der Waals surface area contributed by atoms with Gasteiger partial charge in [-0.1, -0.05) is 0 Å². The third kappa shape index (κ3) is 3.05. The molecule has 24 heavy (non-hydrogen) atoms. The largest absolute Gasteiger partial charge is 0.479 e. The number of esters is 1.